The monoisotopic (exact) mass is 615 g/mol. The summed E-state index contributed by atoms with van der Waals surface area (Å²) in [6, 6.07) is 0. The Hall–Kier alpha value is -0.360. The lowest BCUT2D eigenvalue weighted by molar-refractivity contribution is -0.145. The van der Waals surface area contributed by atoms with E-state index in [1.54, 1.807) is 23.5 Å². The highest BCUT2D eigenvalue weighted by molar-refractivity contribution is 8.00. The molecule has 0 radical (unpaired) electrons. The SMILES string of the molecule is CCCCCCCCCCCCCCSCC(=O)NCC(C)OC(=O)CSCCCCCCCCCCCCCC. The lowest BCUT2D eigenvalue weighted by Crippen LogP contribution is -2.34. The van der Waals surface area contributed by atoms with Gasteiger partial charge in [-0.15, -0.1) is 0 Å². The minimum absolute atomic E-state index is 0.0400. The Morgan fingerprint density at radius 1 is 0.537 bits per heavy atom. The number of carbonyl (C=O) groups excluding carboxylic acids is 2. The Bertz CT molecular complexity index is 562. The first-order valence-corrected chi connectivity index (χ1v) is 20.0. The Morgan fingerprint density at radius 2 is 0.878 bits per heavy atom. The molecule has 0 aliphatic heterocycles. The highest BCUT2D eigenvalue weighted by Gasteiger charge is 2.11. The molecule has 0 rings (SSSR count). The van der Waals surface area contributed by atoms with Gasteiger partial charge in [0, 0.05) is 0 Å². The van der Waals surface area contributed by atoms with Crippen LogP contribution in [0.15, 0.2) is 0 Å². The molecular weight excluding hydrogens is 547 g/mol. The average Bonchev–Trinajstić information content (AvgIpc) is 2.96. The number of ether oxygens (including phenoxy) is 1. The molecule has 0 saturated carbocycles. The van der Waals surface area contributed by atoms with Crippen molar-refractivity contribution in [3.63, 3.8) is 0 Å². The van der Waals surface area contributed by atoms with Crippen LogP contribution in [0.2, 0.25) is 0 Å². The van der Waals surface area contributed by atoms with Gasteiger partial charge < -0.3 is 10.1 Å². The van der Waals surface area contributed by atoms with Crippen LogP contribution in [0.3, 0.4) is 0 Å². The van der Waals surface area contributed by atoms with Crippen LogP contribution in [0.4, 0.5) is 0 Å². The second-order valence-corrected chi connectivity index (χ2v) is 14.2. The molecule has 1 atom stereocenters. The molecule has 0 aromatic carbocycles. The highest BCUT2D eigenvalue weighted by Crippen LogP contribution is 2.15. The predicted octanol–water partition coefficient (Wildman–Crippen LogP) is 10.9. The summed E-state index contributed by atoms with van der Waals surface area (Å²) >= 11 is 3.38. The summed E-state index contributed by atoms with van der Waals surface area (Å²) < 4.78 is 5.46. The van der Waals surface area contributed by atoms with E-state index in [2.05, 4.69) is 19.2 Å². The van der Waals surface area contributed by atoms with Crippen molar-refractivity contribution >= 4 is 35.4 Å². The summed E-state index contributed by atoms with van der Waals surface area (Å²) in [5, 5.41) is 2.91. The number of unbranched alkanes of at least 4 members (excludes halogenated alkanes) is 22. The zero-order valence-corrected chi connectivity index (χ0v) is 29.3. The topological polar surface area (TPSA) is 55.4 Å². The molecule has 1 unspecified atom stereocenters. The van der Waals surface area contributed by atoms with Crippen molar-refractivity contribution < 1.29 is 14.3 Å². The van der Waals surface area contributed by atoms with Crippen molar-refractivity contribution in [3.05, 3.63) is 0 Å². The van der Waals surface area contributed by atoms with E-state index in [0.717, 1.165) is 11.5 Å². The summed E-state index contributed by atoms with van der Waals surface area (Å²) in [7, 11) is 0. The van der Waals surface area contributed by atoms with Gasteiger partial charge in [-0.3, -0.25) is 9.59 Å². The second-order valence-electron chi connectivity index (χ2n) is 12.0. The molecule has 244 valence electrons. The standard InChI is InChI=1S/C35H69NO3S2/c1-4-6-8-10-12-14-16-18-20-22-24-26-28-40-31-34(37)36-30-33(3)39-35(38)32-41-29-27-25-23-21-19-17-15-13-11-9-7-5-2/h33H,4-32H2,1-3H3,(H,36,37). The minimum atomic E-state index is -0.278. The molecular formula is C35H69NO3S2. The van der Waals surface area contributed by atoms with Gasteiger partial charge in [-0.05, 0) is 31.3 Å². The normalized spacial score (nSPS) is 12.0. The van der Waals surface area contributed by atoms with E-state index in [0.29, 0.717) is 18.1 Å². The first-order valence-electron chi connectivity index (χ1n) is 17.7. The third-order valence-corrected chi connectivity index (χ3v) is 9.72. The molecule has 0 aliphatic rings. The van der Waals surface area contributed by atoms with Gasteiger partial charge in [-0.2, -0.15) is 23.5 Å². The van der Waals surface area contributed by atoms with E-state index in [-0.39, 0.29) is 18.0 Å². The summed E-state index contributed by atoms with van der Waals surface area (Å²) in [6.45, 7) is 6.80. The number of esters is 1. The Morgan fingerprint density at radius 3 is 1.27 bits per heavy atom. The van der Waals surface area contributed by atoms with Gasteiger partial charge in [-0.25, -0.2) is 0 Å². The van der Waals surface area contributed by atoms with Crippen LogP contribution in [0.1, 0.15) is 175 Å². The minimum Gasteiger partial charge on any atom is -0.460 e. The number of nitrogens with one attached hydrogen (secondary N) is 1. The van der Waals surface area contributed by atoms with Crippen molar-refractivity contribution in [2.75, 3.05) is 29.6 Å². The molecule has 0 aliphatic carbocycles. The molecule has 4 nitrogen and oxygen atoms in total. The van der Waals surface area contributed by atoms with E-state index in [4.69, 9.17) is 4.74 Å². The smallest absolute Gasteiger partial charge is 0.316 e. The van der Waals surface area contributed by atoms with Gasteiger partial charge in [0.25, 0.3) is 0 Å². The van der Waals surface area contributed by atoms with Crippen molar-refractivity contribution in [1.29, 1.82) is 0 Å². The van der Waals surface area contributed by atoms with E-state index in [9.17, 15) is 9.59 Å². The fourth-order valence-corrected chi connectivity index (χ4v) is 6.65. The number of carbonyl (C=O) groups is 2. The van der Waals surface area contributed by atoms with E-state index < -0.39 is 0 Å². The van der Waals surface area contributed by atoms with Gasteiger partial charge in [-0.1, -0.05) is 155 Å². The zero-order chi connectivity index (χ0) is 30.1. The quantitative estimate of drug-likeness (QED) is 0.0588. The zero-order valence-electron chi connectivity index (χ0n) is 27.6. The maximum Gasteiger partial charge on any atom is 0.316 e. The maximum absolute atomic E-state index is 12.1. The predicted molar refractivity (Wildman–Crippen MR) is 185 cm³/mol. The van der Waals surface area contributed by atoms with Gasteiger partial charge in [0.1, 0.15) is 6.10 Å². The van der Waals surface area contributed by atoms with E-state index in [1.807, 2.05) is 6.92 Å². The van der Waals surface area contributed by atoms with Crippen LogP contribution >= 0.6 is 23.5 Å². The van der Waals surface area contributed by atoms with Crippen LogP contribution in [-0.4, -0.2) is 47.5 Å². The molecule has 6 heteroatoms. The van der Waals surface area contributed by atoms with Crippen LogP contribution in [0.5, 0.6) is 0 Å². The number of amides is 1. The van der Waals surface area contributed by atoms with Crippen molar-refractivity contribution in [1.82, 2.24) is 5.32 Å². The first kappa shape index (κ1) is 40.6. The molecule has 0 fully saturated rings. The van der Waals surface area contributed by atoms with Crippen molar-refractivity contribution in [2.45, 2.75) is 181 Å². The summed E-state index contributed by atoms with van der Waals surface area (Å²) in [5.74, 6) is 2.84. The molecule has 0 saturated heterocycles. The Balaban J connectivity index is 3.39. The Labute approximate surface area is 264 Å². The highest BCUT2D eigenvalue weighted by atomic mass is 32.2. The third kappa shape index (κ3) is 34.0. The van der Waals surface area contributed by atoms with Crippen LogP contribution in [-0.2, 0) is 14.3 Å². The molecule has 1 N–H and O–H groups in total. The van der Waals surface area contributed by atoms with Crippen molar-refractivity contribution in [3.8, 4) is 0 Å². The van der Waals surface area contributed by atoms with Gasteiger partial charge >= 0.3 is 5.97 Å². The fourth-order valence-electron chi connectivity index (χ4n) is 5.02. The molecule has 0 aromatic rings. The van der Waals surface area contributed by atoms with Crippen LogP contribution in [0, 0.1) is 0 Å². The number of hydrogen-bond acceptors (Lipinski definition) is 5. The molecule has 0 bridgehead atoms. The first-order chi connectivity index (χ1) is 20.1. The van der Waals surface area contributed by atoms with Gasteiger partial charge in [0.05, 0.1) is 18.1 Å². The largest absolute Gasteiger partial charge is 0.460 e. The summed E-state index contributed by atoms with van der Waals surface area (Å²) in [4.78, 5) is 24.2. The van der Waals surface area contributed by atoms with Gasteiger partial charge in [0.2, 0.25) is 5.91 Å². The molecule has 41 heavy (non-hydrogen) atoms. The second kappa shape index (κ2) is 34.1. The number of rotatable bonds is 33. The lowest BCUT2D eigenvalue weighted by Gasteiger charge is -2.14. The van der Waals surface area contributed by atoms with E-state index in [1.165, 1.54) is 154 Å². The summed E-state index contributed by atoms with van der Waals surface area (Å²) in [6.07, 6.45) is 32.3. The average molecular weight is 616 g/mol. The molecule has 1 amide bonds. The number of thioether (sulfide) groups is 2. The summed E-state index contributed by atoms with van der Waals surface area (Å²) in [5.41, 5.74) is 0. The lowest BCUT2D eigenvalue weighted by atomic mass is 10.1. The van der Waals surface area contributed by atoms with Crippen molar-refractivity contribution in [2.24, 2.45) is 0 Å². The number of hydrogen-bond donors (Lipinski definition) is 1. The van der Waals surface area contributed by atoms with Crippen LogP contribution in [0.25, 0.3) is 0 Å². The van der Waals surface area contributed by atoms with Crippen LogP contribution < -0.4 is 5.32 Å². The third-order valence-electron chi connectivity index (χ3n) is 7.66. The molecule has 0 heterocycles. The van der Waals surface area contributed by atoms with E-state index >= 15 is 0 Å². The Kier molecular flexibility index (Phi) is 33.8. The maximum atomic E-state index is 12.1. The molecule has 0 aromatic heterocycles. The van der Waals surface area contributed by atoms with Gasteiger partial charge in [0.15, 0.2) is 0 Å². The molecule has 0 spiro atoms. The fraction of sp³-hybridized carbons (Fsp3) is 0.943.